The fraction of sp³-hybridized carbons (Fsp3) is 0.879. The van der Waals surface area contributed by atoms with Crippen molar-refractivity contribution in [3.05, 3.63) is 12.2 Å². The molecule has 0 saturated heterocycles. The number of aliphatic hydroxyl groups is 1. The molecule has 5 aliphatic carbocycles. The zero-order valence-corrected chi connectivity index (χ0v) is 25.9. The maximum absolute atomic E-state index is 13.4. The van der Waals surface area contributed by atoms with Crippen LogP contribution in [0.2, 0.25) is 0 Å². The Labute approximate surface area is 241 Å². The third-order valence-corrected chi connectivity index (χ3v) is 14.2. The van der Waals surface area contributed by atoms with Crippen molar-refractivity contribution in [1.29, 1.82) is 0 Å². The van der Waals surface area contributed by atoms with Crippen LogP contribution in [0.1, 0.15) is 99.3 Å². The van der Waals surface area contributed by atoms with Gasteiger partial charge in [-0.2, -0.15) is 5.48 Å². The summed E-state index contributed by atoms with van der Waals surface area (Å²) in [4.78, 5) is 31.4. The van der Waals surface area contributed by atoms with Gasteiger partial charge in [-0.15, -0.1) is 0 Å². The van der Waals surface area contributed by atoms with Crippen LogP contribution in [0.15, 0.2) is 12.2 Å². The maximum Gasteiger partial charge on any atom is 0.312 e. The predicted molar refractivity (Wildman–Crippen MR) is 155 cm³/mol. The Balaban J connectivity index is 1.60. The third-order valence-electron chi connectivity index (χ3n) is 14.2. The second-order valence-electron chi connectivity index (χ2n) is 15.8. The molecule has 0 bridgehead atoms. The van der Waals surface area contributed by atoms with Crippen molar-refractivity contribution in [1.82, 2.24) is 10.8 Å². The van der Waals surface area contributed by atoms with Crippen LogP contribution < -0.4 is 10.8 Å². The molecule has 5 fully saturated rings. The number of hydrogen-bond acceptors (Lipinski definition) is 5. The fourth-order valence-corrected chi connectivity index (χ4v) is 12.2. The number of aliphatic hydroxyl groups excluding tert-OH is 1. The van der Waals surface area contributed by atoms with Gasteiger partial charge >= 0.3 is 5.97 Å². The van der Waals surface area contributed by atoms with Crippen molar-refractivity contribution in [3.8, 4) is 0 Å². The van der Waals surface area contributed by atoms with Crippen molar-refractivity contribution in [2.24, 2.45) is 56.7 Å². The topological polar surface area (TPSA) is 108 Å². The quantitative estimate of drug-likeness (QED) is 0.259. The monoisotopic (exact) mass is 558 g/mol. The summed E-state index contributed by atoms with van der Waals surface area (Å²) in [7, 11) is 1.48. The van der Waals surface area contributed by atoms with E-state index in [0.717, 1.165) is 50.5 Å². The van der Waals surface area contributed by atoms with E-state index in [1.165, 1.54) is 7.11 Å². The highest BCUT2D eigenvalue weighted by Crippen LogP contribution is 2.77. The Morgan fingerprint density at radius 2 is 1.65 bits per heavy atom. The second-order valence-corrected chi connectivity index (χ2v) is 15.8. The predicted octanol–water partition coefficient (Wildman–Crippen LogP) is 5.34. The summed E-state index contributed by atoms with van der Waals surface area (Å²) in [6.45, 7) is 18.4. The number of rotatable bonds is 6. The number of allylic oxidation sites excluding steroid dienone is 1. The smallest absolute Gasteiger partial charge is 0.312 e. The first-order chi connectivity index (χ1) is 18.6. The van der Waals surface area contributed by atoms with Gasteiger partial charge in [-0.05, 0) is 116 Å². The van der Waals surface area contributed by atoms with E-state index in [0.29, 0.717) is 24.7 Å². The van der Waals surface area contributed by atoms with E-state index in [1.54, 1.807) is 0 Å². The number of nitrogens with one attached hydrogen (secondary N) is 2. The lowest BCUT2D eigenvalue weighted by molar-refractivity contribution is -0.252. The number of carbonyl (C=O) groups is 2. The normalized spacial score (nSPS) is 49.1. The number of amides is 1. The van der Waals surface area contributed by atoms with Gasteiger partial charge in [-0.25, -0.2) is 0 Å². The van der Waals surface area contributed by atoms with Crippen molar-refractivity contribution in [2.75, 3.05) is 13.7 Å². The summed E-state index contributed by atoms with van der Waals surface area (Å²) in [6.07, 6.45) is 8.01. The largest absolute Gasteiger partial charge is 0.481 e. The van der Waals surface area contributed by atoms with E-state index in [-0.39, 0.29) is 58.0 Å². The number of fused-ring (bicyclic) bond motifs is 7. The van der Waals surface area contributed by atoms with Crippen molar-refractivity contribution < 1.29 is 24.6 Å². The number of carboxylic acids is 1. The summed E-state index contributed by atoms with van der Waals surface area (Å²) in [5, 5.41) is 25.2. The third kappa shape index (κ3) is 3.85. The van der Waals surface area contributed by atoms with Crippen molar-refractivity contribution >= 4 is 11.9 Å². The minimum absolute atomic E-state index is 0.00548. The molecule has 0 spiro atoms. The molecule has 1 amide bonds. The van der Waals surface area contributed by atoms with Gasteiger partial charge in [0.1, 0.15) is 0 Å². The van der Waals surface area contributed by atoms with Crippen LogP contribution in [-0.4, -0.2) is 47.9 Å². The first kappa shape index (κ1) is 30.0. The molecule has 226 valence electrons. The molecule has 0 aromatic heterocycles. The number of hydroxylamine groups is 1. The minimum Gasteiger partial charge on any atom is -0.481 e. The van der Waals surface area contributed by atoms with E-state index < -0.39 is 17.4 Å². The first-order valence-corrected chi connectivity index (χ1v) is 15.7. The van der Waals surface area contributed by atoms with Gasteiger partial charge in [0, 0.05) is 6.04 Å². The van der Waals surface area contributed by atoms with Crippen LogP contribution in [0.4, 0.5) is 0 Å². The molecule has 5 saturated carbocycles. The molecular formula is C33H54N2O5. The molecule has 40 heavy (non-hydrogen) atoms. The van der Waals surface area contributed by atoms with Crippen molar-refractivity contribution in [3.63, 3.8) is 0 Å². The highest BCUT2D eigenvalue weighted by molar-refractivity contribution is 5.82. The molecule has 5 rings (SSSR count). The van der Waals surface area contributed by atoms with Crippen LogP contribution in [0.25, 0.3) is 0 Å². The first-order valence-electron chi connectivity index (χ1n) is 15.7. The lowest BCUT2D eigenvalue weighted by Gasteiger charge is -2.73. The van der Waals surface area contributed by atoms with Crippen LogP contribution in [0, 0.1) is 56.7 Å². The molecule has 1 unspecified atom stereocenters. The van der Waals surface area contributed by atoms with Gasteiger partial charge < -0.3 is 20.4 Å². The Bertz CT molecular complexity index is 1060. The maximum atomic E-state index is 13.4. The number of carboxylic acid groups (broad SMARTS) is 1. The lowest BCUT2D eigenvalue weighted by Crippen LogP contribution is -2.71. The average molecular weight is 559 g/mol. The van der Waals surface area contributed by atoms with Crippen LogP contribution in [0.5, 0.6) is 0 Å². The molecule has 7 heteroatoms. The molecule has 0 aromatic rings. The summed E-state index contributed by atoms with van der Waals surface area (Å²) in [5.74, 6) is 0.348. The Morgan fingerprint density at radius 1 is 0.950 bits per heavy atom. The number of aliphatic carboxylic acids is 1. The van der Waals surface area contributed by atoms with E-state index >= 15 is 0 Å². The van der Waals surface area contributed by atoms with Crippen molar-refractivity contribution in [2.45, 2.75) is 111 Å². The molecule has 0 aromatic carbocycles. The molecule has 7 nitrogen and oxygen atoms in total. The fourth-order valence-electron chi connectivity index (χ4n) is 12.2. The average Bonchev–Trinajstić information content (AvgIpc) is 3.28. The van der Waals surface area contributed by atoms with E-state index in [2.05, 4.69) is 58.9 Å². The van der Waals surface area contributed by atoms with Gasteiger partial charge in [0.15, 0.2) is 0 Å². The van der Waals surface area contributed by atoms with Gasteiger partial charge in [0.25, 0.3) is 0 Å². The summed E-state index contributed by atoms with van der Waals surface area (Å²) < 4.78 is 0. The standard InChI is InChI=1S/C33H54N2O5/c1-19(2)20-11-16-33(28(38)39)24(35-26(37)18-34-40-8)17-32(7)21(27(20)33)9-10-23-30(5)14-13-25(36)29(3,4)22(30)12-15-31(23,32)6/h20-25,27,34,36H,1,9-18H2,2-8H3,(H,35,37)(H,38,39)/t20-,21+,22-,23+,24?,25-,27+,30-,31+,32+,33-/m0/s1. The van der Waals surface area contributed by atoms with E-state index in [1.807, 2.05) is 0 Å². The van der Waals surface area contributed by atoms with Crippen LogP contribution in [0.3, 0.4) is 0 Å². The zero-order valence-electron chi connectivity index (χ0n) is 25.9. The second kappa shape index (κ2) is 9.80. The molecule has 0 aliphatic heterocycles. The highest BCUT2D eigenvalue weighted by Gasteiger charge is 2.74. The Kier molecular flexibility index (Phi) is 7.36. The minimum atomic E-state index is -0.988. The van der Waals surface area contributed by atoms with Gasteiger partial charge in [-0.1, -0.05) is 46.8 Å². The molecule has 11 atom stereocenters. The Morgan fingerprint density at radius 3 is 2.27 bits per heavy atom. The highest BCUT2D eigenvalue weighted by atomic mass is 16.6. The van der Waals surface area contributed by atoms with Crippen LogP contribution >= 0.6 is 0 Å². The van der Waals surface area contributed by atoms with Crippen LogP contribution in [-0.2, 0) is 14.4 Å². The molecule has 4 N–H and O–H groups in total. The zero-order chi connectivity index (χ0) is 29.5. The number of hydrogen-bond donors (Lipinski definition) is 4. The van der Waals surface area contributed by atoms with Gasteiger partial charge in [0.05, 0.1) is 25.2 Å². The lowest BCUT2D eigenvalue weighted by atomic mass is 9.32. The van der Waals surface area contributed by atoms with E-state index in [9.17, 15) is 19.8 Å². The molecule has 0 heterocycles. The molecule has 5 aliphatic rings. The SMILES string of the molecule is C=C(C)[C@@H]1CC[C@]2(C(=O)O)C(NC(=O)CNOC)C[C@]3(C)[C@H](CC[C@@H]4[C@@]5(C)CC[C@H](O)C(C)(C)[C@@H]5CC[C@]43C)[C@@H]12. The number of carbonyl (C=O) groups excluding carboxylic acids is 1. The van der Waals surface area contributed by atoms with Gasteiger partial charge in [-0.3, -0.25) is 9.59 Å². The summed E-state index contributed by atoms with van der Waals surface area (Å²) >= 11 is 0. The summed E-state index contributed by atoms with van der Waals surface area (Å²) in [5.41, 5.74) is 2.64. The van der Waals surface area contributed by atoms with Gasteiger partial charge in [0.2, 0.25) is 5.91 Å². The summed E-state index contributed by atoms with van der Waals surface area (Å²) in [6, 6.07) is -0.447. The molecule has 0 radical (unpaired) electrons. The Hall–Kier alpha value is -1.44. The van der Waals surface area contributed by atoms with E-state index in [4.69, 9.17) is 4.84 Å². The molecular weight excluding hydrogens is 504 g/mol.